The highest BCUT2D eigenvalue weighted by molar-refractivity contribution is 6.36. The van der Waals surface area contributed by atoms with Crippen molar-refractivity contribution in [2.24, 2.45) is 5.41 Å². The highest BCUT2D eigenvalue weighted by Crippen LogP contribution is 2.61. The maximum atomic E-state index is 14.3. The smallest absolute Gasteiger partial charge is 0.329 e. The number of rotatable bonds is 2. The minimum atomic E-state index is -1.61. The zero-order chi connectivity index (χ0) is 24.5. The number of nitrogens with zero attached hydrogens (tertiary/aromatic N) is 1. The Morgan fingerprint density at radius 3 is 2.26 bits per heavy atom. The monoisotopic (exact) mass is 503 g/mol. The molecule has 3 aromatic carbocycles. The lowest BCUT2D eigenvalue weighted by atomic mass is 9.64. The average Bonchev–Trinajstić information content (AvgIpc) is 3.30. The van der Waals surface area contributed by atoms with Gasteiger partial charge in [0.1, 0.15) is 11.5 Å². The minimum absolute atomic E-state index is 0.282. The summed E-state index contributed by atoms with van der Waals surface area (Å²) in [4.78, 5) is 44.0. The highest BCUT2D eigenvalue weighted by atomic mass is 35.5. The van der Waals surface area contributed by atoms with Gasteiger partial charge < -0.3 is 9.64 Å². The Morgan fingerprint density at radius 2 is 1.60 bits per heavy atom. The number of anilines is 1. The summed E-state index contributed by atoms with van der Waals surface area (Å²) in [7, 11) is 1.31. The van der Waals surface area contributed by atoms with Crippen molar-refractivity contribution >= 4 is 52.5 Å². The average molecular weight is 504 g/mol. The van der Waals surface area contributed by atoms with Crippen LogP contribution in [0.4, 0.5) is 5.69 Å². The first-order valence-corrected chi connectivity index (χ1v) is 11.9. The van der Waals surface area contributed by atoms with E-state index in [-0.39, 0.29) is 16.6 Å². The Kier molecular flexibility index (Phi) is 4.92. The summed E-state index contributed by atoms with van der Waals surface area (Å²) < 4.78 is 5.27. The van der Waals surface area contributed by atoms with Crippen LogP contribution in [0.2, 0.25) is 10.0 Å². The number of para-hydroxylation sites is 1. The summed E-state index contributed by atoms with van der Waals surface area (Å²) in [6.45, 7) is 0. The third-order valence-electron chi connectivity index (χ3n) is 7.45. The third kappa shape index (κ3) is 2.79. The molecule has 3 aromatic rings. The number of methoxy groups -OCH3 is 1. The predicted molar refractivity (Wildman–Crippen MR) is 134 cm³/mol. The van der Waals surface area contributed by atoms with Gasteiger partial charge in [-0.15, -0.1) is 0 Å². The molecule has 0 unspecified atom stereocenters. The molecule has 0 aromatic heterocycles. The van der Waals surface area contributed by atoms with Gasteiger partial charge >= 0.3 is 5.97 Å². The summed E-state index contributed by atoms with van der Waals surface area (Å²) in [6.07, 6.45) is 3.76. The molecule has 3 aliphatic rings. The van der Waals surface area contributed by atoms with E-state index in [9.17, 15) is 14.4 Å². The number of fused-ring (bicyclic) bond motifs is 5. The molecular weight excluding hydrogens is 485 g/mol. The van der Waals surface area contributed by atoms with Crippen molar-refractivity contribution in [2.45, 2.75) is 18.0 Å². The van der Waals surface area contributed by atoms with Crippen molar-refractivity contribution in [3.8, 4) is 0 Å². The number of esters is 1. The summed E-state index contributed by atoms with van der Waals surface area (Å²) >= 11 is 12.9. The van der Waals surface area contributed by atoms with E-state index in [1.807, 2.05) is 41.3 Å². The Hall–Kier alpha value is -3.41. The molecular formula is C28H19Cl2NO4. The molecule has 0 N–H and O–H groups in total. The first-order chi connectivity index (χ1) is 16.9. The predicted octanol–water partition coefficient (Wildman–Crippen LogP) is 5.60. The second kappa shape index (κ2) is 7.80. The summed E-state index contributed by atoms with van der Waals surface area (Å²) in [5.74, 6) is -2.10. The third-order valence-corrected chi connectivity index (χ3v) is 8.02. The van der Waals surface area contributed by atoms with Crippen LogP contribution in [-0.2, 0) is 9.53 Å². The number of hydrogen-bond donors (Lipinski definition) is 0. The molecule has 0 bridgehead atoms. The van der Waals surface area contributed by atoms with Crippen LogP contribution in [0.1, 0.15) is 37.8 Å². The molecule has 1 spiro atoms. The molecule has 35 heavy (non-hydrogen) atoms. The van der Waals surface area contributed by atoms with Gasteiger partial charge in [0, 0.05) is 32.8 Å². The molecule has 2 heterocycles. The molecule has 0 radical (unpaired) electrons. The maximum Gasteiger partial charge on any atom is 0.329 e. The Bertz CT molecular complexity index is 1430. The first-order valence-electron chi connectivity index (χ1n) is 11.2. The van der Waals surface area contributed by atoms with E-state index in [1.54, 1.807) is 42.5 Å². The Morgan fingerprint density at radius 1 is 0.943 bits per heavy atom. The van der Waals surface area contributed by atoms with Crippen molar-refractivity contribution < 1.29 is 19.1 Å². The van der Waals surface area contributed by atoms with Crippen LogP contribution in [0.3, 0.4) is 0 Å². The van der Waals surface area contributed by atoms with Crippen molar-refractivity contribution in [1.29, 1.82) is 0 Å². The summed E-state index contributed by atoms with van der Waals surface area (Å²) in [5.41, 5.74) is 1.23. The van der Waals surface area contributed by atoms with Crippen molar-refractivity contribution in [3.05, 3.63) is 105 Å². The number of carbonyl (C=O) groups excluding carboxylic acids is 3. The van der Waals surface area contributed by atoms with Gasteiger partial charge in [-0.25, -0.2) is 4.79 Å². The molecule has 174 valence electrons. The summed E-state index contributed by atoms with van der Waals surface area (Å²) in [5, 5.41) is 0.695. The number of benzene rings is 3. The van der Waals surface area contributed by atoms with Crippen LogP contribution in [-0.4, -0.2) is 36.7 Å². The quantitative estimate of drug-likeness (QED) is 0.336. The van der Waals surface area contributed by atoms with E-state index >= 15 is 0 Å². The second-order valence-corrected chi connectivity index (χ2v) is 9.80. The number of hydrogen-bond acceptors (Lipinski definition) is 5. The lowest BCUT2D eigenvalue weighted by Crippen LogP contribution is -2.48. The van der Waals surface area contributed by atoms with Gasteiger partial charge in [-0.05, 0) is 29.3 Å². The molecule has 1 fully saturated rings. The zero-order valence-corrected chi connectivity index (χ0v) is 20.1. The van der Waals surface area contributed by atoms with Crippen molar-refractivity contribution in [1.82, 2.24) is 0 Å². The molecule has 3 atom stereocenters. The molecule has 2 aliphatic heterocycles. The van der Waals surface area contributed by atoms with Crippen LogP contribution < -0.4 is 4.90 Å². The highest BCUT2D eigenvalue weighted by Gasteiger charge is 2.72. The standard InChI is InChI=1S/C28H19Cl2NO4/c1-35-27(34)24-23(19-12-11-16(29)14-20(19)30)28(25(32)17-7-3-4-8-18(17)26(28)33)22-13-10-15-6-2-5-9-21(15)31(22)24/h2-14,22-24H,1H3/t22-,23+,24-/m1/s1. The maximum absolute atomic E-state index is 14.3. The normalized spacial score (nSPS) is 23.3. The number of ether oxygens (including phenoxy) is 1. The van der Waals surface area contributed by atoms with Gasteiger partial charge in [0.25, 0.3) is 0 Å². The van der Waals surface area contributed by atoms with E-state index < -0.39 is 29.4 Å². The van der Waals surface area contributed by atoms with Crippen LogP contribution in [0.5, 0.6) is 0 Å². The molecule has 7 heteroatoms. The first kappa shape index (κ1) is 22.1. The van der Waals surface area contributed by atoms with Crippen LogP contribution in [0.15, 0.2) is 72.8 Å². The second-order valence-electron chi connectivity index (χ2n) is 8.95. The summed E-state index contributed by atoms with van der Waals surface area (Å²) in [6, 6.07) is 17.6. The van der Waals surface area contributed by atoms with Gasteiger partial charge in [0.2, 0.25) is 0 Å². The van der Waals surface area contributed by atoms with E-state index in [4.69, 9.17) is 27.9 Å². The van der Waals surface area contributed by atoms with Gasteiger partial charge in [0.05, 0.1) is 13.2 Å². The molecule has 0 amide bonds. The number of halogens is 2. The van der Waals surface area contributed by atoms with Gasteiger partial charge in [-0.1, -0.05) is 83.9 Å². The van der Waals surface area contributed by atoms with Gasteiger partial charge in [-0.2, -0.15) is 0 Å². The zero-order valence-electron chi connectivity index (χ0n) is 18.6. The number of carbonyl (C=O) groups is 3. The lowest BCUT2D eigenvalue weighted by Gasteiger charge is -2.36. The fraction of sp³-hybridized carbons (Fsp3) is 0.179. The molecule has 6 rings (SSSR count). The number of ketones is 2. The fourth-order valence-corrected chi connectivity index (χ4v) is 6.63. The fourth-order valence-electron chi connectivity index (χ4n) is 6.11. The number of Topliss-reactive ketones (excluding diaryl/α,β-unsaturated/α-hetero) is 2. The molecule has 0 saturated carbocycles. The minimum Gasteiger partial charge on any atom is -0.467 e. The Labute approximate surface area is 211 Å². The van der Waals surface area contributed by atoms with E-state index in [2.05, 4.69) is 0 Å². The molecule has 5 nitrogen and oxygen atoms in total. The van der Waals surface area contributed by atoms with E-state index in [0.717, 1.165) is 11.3 Å². The van der Waals surface area contributed by atoms with Crippen molar-refractivity contribution in [3.63, 3.8) is 0 Å². The van der Waals surface area contributed by atoms with Gasteiger partial charge in [0.15, 0.2) is 11.6 Å². The van der Waals surface area contributed by atoms with Gasteiger partial charge in [-0.3, -0.25) is 9.59 Å². The molecule has 1 aliphatic carbocycles. The van der Waals surface area contributed by atoms with Crippen LogP contribution >= 0.6 is 23.2 Å². The van der Waals surface area contributed by atoms with Crippen LogP contribution in [0.25, 0.3) is 6.08 Å². The largest absolute Gasteiger partial charge is 0.467 e. The van der Waals surface area contributed by atoms with E-state index in [0.29, 0.717) is 21.7 Å². The van der Waals surface area contributed by atoms with Crippen molar-refractivity contribution in [2.75, 3.05) is 12.0 Å². The lowest BCUT2D eigenvalue weighted by molar-refractivity contribution is -0.142. The van der Waals surface area contributed by atoms with Crippen LogP contribution in [0, 0.1) is 5.41 Å². The SMILES string of the molecule is COC(=O)[C@H]1[C@H](c2ccc(Cl)cc2Cl)C2(C(=O)c3ccccc3C2=O)[C@H]2C=Cc3ccccc3N12. The molecule has 1 saturated heterocycles. The van der Waals surface area contributed by atoms with E-state index in [1.165, 1.54) is 7.11 Å². The topological polar surface area (TPSA) is 63.7 Å². The Balaban J connectivity index is 1.71.